The predicted molar refractivity (Wildman–Crippen MR) is 318 cm³/mol. The molecule has 2 N–H and O–H groups in total. The Kier molecular flexibility index (Phi) is 21.1. The molecule has 8 rings (SSSR count). The molecule has 6 aromatic rings. The van der Waals surface area contributed by atoms with Gasteiger partial charge in [-0.2, -0.15) is 0 Å². The Bertz CT molecular complexity index is 2840. The molecule has 0 aromatic heterocycles. The van der Waals surface area contributed by atoms with Crippen LogP contribution >= 0.6 is 0 Å². The van der Waals surface area contributed by atoms with Gasteiger partial charge >= 0.3 is 12.1 Å². The van der Waals surface area contributed by atoms with Crippen LogP contribution in [-0.2, 0) is 14.4 Å². The van der Waals surface area contributed by atoms with Crippen molar-refractivity contribution in [1.82, 2.24) is 35.1 Å². The third-order valence-electron chi connectivity index (χ3n) is 15.4. The molecule has 6 aromatic carbocycles. The van der Waals surface area contributed by atoms with Gasteiger partial charge in [0.05, 0.1) is 47.1 Å². The monoisotopic (exact) mass is 1100 g/mol. The highest BCUT2D eigenvalue weighted by Crippen LogP contribution is 2.48. The largest absolute Gasteiger partial charge is 0.351 e. The summed E-state index contributed by atoms with van der Waals surface area (Å²) in [5.41, 5.74) is 2.27. The zero-order valence-corrected chi connectivity index (χ0v) is 49.0. The summed E-state index contributed by atoms with van der Waals surface area (Å²) in [6.45, 7) is 15.9. The molecule has 9 amide bonds. The van der Waals surface area contributed by atoms with Gasteiger partial charge in [0.2, 0.25) is 18.2 Å². The van der Waals surface area contributed by atoms with Crippen LogP contribution in [0, 0.1) is 22.7 Å². The molecule has 0 radical (unpaired) electrons. The Balaban J connectivity index is 0.000000241. The van der Waals surface area contributed by atoms with Crippen LogP contribution < -0.4 is 10.6 Å². The van der Waals surface area contributed by atoms with Gasteiger partial charge < -0.3 is 25.3 Å². The Labute approximate surface area is 479 Å². The number of hydrogen-bond acceptors (Lipinski definition) is 7. The van der Waals surface area contributed by atoms with Gasteiger partial charge in [0, 0.05) is 39.3 Å². The van der Waals surface area contributed by atoms with Crippen molar-refractivity contribution in [3.8, 4) is 0 Å². The Morgan fingerprint density at radius 2 is 0.753 bits per heavy atom. The minimum Gasteiger partial charge on any atom is -0.351 e. The number of rotatable bonds is 17. The fraction of sp³-hybridized carbons (Fsp3) is 0.358. The highest BCUT2D eigenvalue weighted by atomic mass is 16.2. The molecule has 2 aliphatic heterocycles. The minimum atomic E-state index is -1.10. The van der Waals surface area contributed by atoms with Crippen LogP contribution in [0.25, 0.3) is 0 Å². The Morgan fingerprint density at radius 1 is 0.494 bits per heavy atom. The van der Waals surface area contributed by atoms with Crippen molar-refractivity contribution in [2.45, 2.75) is 104 Å². The van der Waals surface area contributed by atoms with Crippen molar-refractivity contribution >= 4 is 42.1 Å². The van der Waals surface area contributed by atoms with E-state index in [0.717, 1.165) is 28.7 Å². The van der Waals surface area contributed by atoms with Crippen LogP contribution in [0.1, 0.15) is 135 Å². The molecule has 2 aliphatic rings. The molecule has 14 nitrogen and oxygen atoms in total. The first kappa shape index (κ1) is 61.8. The summed E-state index contributed by atoms with van der Waals surface area (Å²) >= 11 is 0. The van der Waals surface area contributed by atoms with E-state index in [2.05, 4.69) is 38.3 Å². The fourth-order valence-corrected chi connectivity index (χ4v) is 11.4. The van der Waals surface area contributed by atoms with E-state index in [1.807, 2.05) is 185 Å². The van der Waals surface area contributed by atoms with Crippen molar-refractivity contribution < 1.29 is 33.6 Å². The lowest BCUT2D eigenvalue weighted by Gasteiger charge is -2.41. The molecular weight excluding hydrogens is 1010 g/mol. The lowest BCUT2D eigenvalue weighted by molar-refractivity contribution is -0.143. The molecule has 14 heteroatoms. The molecule has 2 saturated heterocycles. The Hall–Kier alpha value is -8.39. The van der Waals surface area contributed by atoms with Gasteiger partial charge in [0.1, 0.15) is 0 Å². The molecular formula is C67H81N7O7. The van der Waals surface area contributed by atoms with Crippen molar-refractivity contribution in [2.24, 2.45) is 22.7 Å². The first-order valence-corrected chi connectivity index (χ1v) is 27.8. The standard InChI is InChI=1S/2C32H37N3O3.C3H7NO/c2*1-22(2)21-32(4,28(25-17-11-7-12-18-25)33-29(36)26-19-13-8-14-20-26)30(37)35-27(23(3)34(5)31(35)38)24-15-9-6-10-16-24;1-4(2)3-5/h2*6-20,22-23,27-28H,21H2,1-5H3,(H,33,36);3H,1-2H3/t2*23-,27-,28+,32+;/m00./s1. The highest BCUT2D eigenvalue weighted by molar-refractivity contribution is 6.02. The number of urea groups is 2. The molecule has 8 atom stereocenters. The number of carbonyl (C=O) groups excluding carboxylic acids is 7. The fourth-order valence-electron chi connectivity index (χ4n) is 11.4. The first-order chi connectivity index (χ1) is 38.6. The minimum absolute atomic E-state index is 0.131. The summed E-state index contributed by atoms with van der Waals surface area (Å²) in [6, 6.07) is 53.3. The van der Waals surface area contributed by atoms with Gasteiger partial charge in [-0.25, -0.2) is 9.59 Å². The van der Waals surface area contributed by atoms with E-state index in [0.29, 0.717) is 24.0 Å². The van der Waals surface area contributed by atoms with Gasteiger partial charge in [-0.3, -0.25) is 33.8 Å². The predicted octanol–water partition coefficient (Wildman–Crippen LogP) is 12.2. The van der Waals surface area contributed by atoms with E-state index < -0.39 is 35.0 Å². The molecule has 0 spiro atoms. The summed E-state index contributed by atoms with van der Waals surface area (Å²) in [5, 5.41) is 6.36. The van der Waals surface area contributed by atoms with Crippen molar-refractivity contribution in [1.29, 1.82) is 0 Å². The average molecular weight is 1100 g/mol. The van der Waals surface area contributed by atoms with Gasteiger partial charge in [-0.15, -0.1) is 0 Å². The molecule has 2 heterocycles. The van der Waals surface area contributed by atoms with E-state index in [1.54, 1.807) is 62.3 Å². The quantitative estimate of drug-likeness (QED) is 0.0860. The second-order valence-electron chi connectivity index (χ2n) is 22.8. The van der Waals surface area contributed by atoms with E-state index >= 15 is 0 Å². The van der Waals surface area contributed by atoms with Gasteiger partial charge in [0.25, 0.3) is 11.8 Å². The maximum absolute atomic E-state index is 14.7. The molecule has 0 bridgehead atoms. The normalized spacial score (nSPS) is 19.0. The second kappa shape index (κ2) is 27.7. The SMILES string of the molecule is CC(C)C[C@@](C)(C(=O)N1C(=O)N(C)[C@@H](C)[C@H]1c1ccccc1)[C@H](NC(=O)c1ccccc1)c1ccccc1.CC(C)C[C@@](C)(C(=O)N1C(=O)N(C)[C@@H](C)[C@H]1c1ccccc1)[C@H](NC(=O)c1ccccc1)c1ccccc1.CN(C)C=O. The van der Waals surface area contributed by atoms with Gasteiger partial charge in [0.15, 0.2) is 0 Å². The molecule has 0 saturated carbocycles. The van der Waals surface area contributed by atoms with Crippen LogP contribution in [0.5, 0.6) is 0 Å². The summed E-state index contributed by atoms with van der Waals surface area (Å²) in [7, 11) is 6.85. The summed E-state index contributed by atoms with van der Waals surface area (Å²) in [6.07, 6.45) is 1.70. The van der Waals surface area contributed by atoms with Crippen molar-refractivity contribution in [3.05, 3.63) is 215 Å². The van der Waals surface area contributed by atoms with Crippen LogP contribution in [-0.4, -0.2) is 107 Å². The number of hydrogen-bond donors (Lipinski definition) is 2. The van der Waals surface area contributed by atoms with E-state index in [-0.39, 0.29) is 59.6 Å². The molecule has 2 fully saturated rings. The topological polar surface area (TPSA) is 160 Å². The zero-order chi connectivity index (χ0) is 59.2. The second-order valence-corrected chi connectivity index (χ2v) is 22.8. The summed E-state index contributed by atoms with van der Waals surface area (Å²) in [4.78, 5) is 101. The highest BCUT2D eigenvalue weighted by Gasteiger charge is 2.55. The number of benzene rings is 6. The van der Waals surface area contributed by atoms with Gasteiger partial charge in [-0.1, -0.05) is 185 Å². The van der Waals surface area contributed by atoms with Crippen LogP contribution in [0.2, 0.25) is 0 Å². The average Bonchev–Trinajstić information content (AvgIpc) is 3.95. The molecule has 426 valence electrons. The lowest BCUT2D eigenvalue weighted by Crippen LogP contribution is -2.52. The van der Waals surface area contributed by atoms with E-state index in [4.69, 9.17) is 0 Å². The summed E-state index contributed by atoms with van der Waals surface area (Å²) in [5.74, 6) is -0.842. The van der Waals surface area contributed by atoms with Crippen LogP contribution in [0.4, 0.5) is 9.59 Å². The number of nitrogens with one attached hydrogen (secondary N) is 2. The maximum Gasteiger partial charge on any atom is 0.327 e. The molecule has 81 heavy (non-hydrogen) atoms. The maximum atomic E-state index is 14.7. The molecule has 0 aliphatic carbocycles. The van der Waals surface area contributed by atoms with Crippen molar-refractivity contribution in [3.63, 3.8) is 0 Å². The number of amides is 9. The van der Waals surface area contributed by atoms with E-state index in [9.17, 15) is 33.6 Å². The first-order valence-electron chi connectivity index (χ1n) is 27.8. The third-order valence-corrected chi connectivity index (χ3v) is 15.4. The number of carbonyl (C=O) groups is 7. The zero-order valence-electron chi connectivity index (χ0n) is 49.0. The smallest absolute Gasteiger partial charge is 0.327 e. The van der Waals surface area contributed by atoms with Crippen molar-refractivity contribution in [2.75, 3.05) is 28.2 Å². The third kappa shape index (κ3) is 14.3. The van der Waals surface area contributed by atoms with E-state index in [1.165, 1.54) is 14.7 Å². The van der Waals surface area contributed by atoms with Crippen LogP contribution in [0.15, 0.2) is 182 Å². The number of imide groups is 2. The molecule has 0 unspecified atom stereocenters. The lowest BCUT2D eigenvalue weighted by atomic mass is 9.71. The number of likely N-dealkylation sites (N-methyl/N-ethyl adjacent to an activating group) is 2. The Morgan fingerprint density at radius 3 is 1.01 bits per heavy atom. The van der Waals surface area contributed by atoms with Gasteiger partial charge in [-0.05, 0) is 98.9 Å². The number of nitrogens with zero attached hydrogens (tertiary/aromatic N) is 5. The summed E-state index contributed by atoms with van der Waals surface area (Å²) < 4.78 is 0. The van der Waals surface area contributed by atoms with Crippen LogP contribution in [0.3, 0.4) is 0 Å².